The van der Waals surface area contributed by atoms with E-state index in [4.69, 9.17) is 4.74 Å². The fourth-order valence-corrected chi connectivity index (χ4v) is 3.37. The largest absolute Gasteiger partial charge is 0.490 e. The summed E-state index contributed by atoms with van der Waals surface area (Å²) in [6.45, 7) is 4.43. The SMILES string of the molecule is CCNCC1(CC2Cc3ccccc3O2)CCC1. The molecule has 3 rings (SSSR count). The smallest absolute Gasteiger partial charge is 0.123 e. The molecular formula is C16H23NO. The summed E-state index contributed by atoms with van der Waals surface area (Å²) in [7, 11) is 0. The molecule has 0 bridgehead atoms. The van der Waals surface area contributed by atoms with Crippen molar-refractivity contribution >= 4 is 0 Å². The summed E-state index contributed by atoms with van der Waals surface area (Å²) in [5.74, 6) is 1.11. The fraction of sp³-hybridized carbons (Fsp3) is 0.625. The van der Waals surface area contributed by atoms with Crippen LogP contribution in [0, 0.1) is 5.41 Å². The van der Waals surface area contributed by atoms with Crippen molar-refractivity contribution in [3.63, 3.8) is 0 Å². The van der Waals surface area contributed by atoms with Crippen LogP contribution >= 0.6 is 0 Å². The van der Waals surface area contributed by atoms with E-state index in [1.54, 1.807) is 0 Å². The molecule has 0 aromatic heterocycles. The van der Waals surface area contributed by atoms with E-state index in [0.29, 0.717) is 11.5 Å². The van der Waals surface area contributed by atoms with Gasteiger partial charge in [0.15, 0.2) is 0 Å². The van der Waals surface area contributed by atoms with Crippen molar-refractivity contribution in [3.8, 4) is 5.75 Å². The molecule has 18 heavy (non-hydrogen) atoms. The first-order chi connectivity index (χ1) is 8.81. The highest BCUT2D eigenvalue weighted by atomic mass is 16.5. The van der Waals surface area contributed by atoms with Gasteiger partial charge in [0, 0.05) is 13.0 Å². The van der Waals surface area contributed by atoms with Gasteiger partial charge in [0.2, 0.25) is 0 Å². The molecule has 1 atom stereocenters. The van der Waals surface area contributed by atoms with Gasteiger partial charge in [-0.3, -0.25) is 0 Å². The normalized spacial score (nSPS) is 24.2. The standard InChI is InChI=1S/C16H23NO/c1-2-17-12-16(8-5-9-16)11-14-10-13-6-3-4-7-15(13)18-14/h3-4,6-7,14,17H,2,5,8-12H2,1H3. The van der Waals surface area contributed by atoms with Gasteiger partial charge in [0.25, 0.3) is 0 Å². The zero-order chi connectivity index (χ0) is 12.4. The van der Waals surface area contributed by atoms with Gasteiger partial charge < -0.3 is 10.1 Å². The Morgan fingerprint density at radius 1 is 1.33 bits per heavy atom. The fourth-order valence-electron chi connectivity index (χ4n) is 3.37. The number of nitrogens with one attached hydrogen (secondary N) is 1. The molecule has 1 N–H and O–H groups in total. The molecule has 1 unspecified atom stereocenters. The Morgan fingerprint density at radius 3 is 2.83 bits per heavy atom. The minimum Gasteiger partial charge on any atom is -0.490 e. The van der Waals surface area contributed by atoms with Gasteiger partial charge in [0.05, 0.1) is 0 Å². The van der Waals surface area contributed by atoms with Crippen molar-refractivity contribution in [2.45, 2.75) is 45.1 Å². The van der Waals surface area contributed by atoms with Crippen molar-refractivity contribution < 1.29 is 4.74 Å². The van der Waals surface area contributed by atoms with Crippen LogP contribution in [0.4, 0.5) is 0 Å². The molecule has 0 saturated heterocycles. The van der Waals surface area contributed by atoms with E-state index in [0.717, 1.165) is 18.7 Å². The Labute approximate surface area is 110 Å². The van der Waals surface area contributed by atoms with Crippen LogP contribution < -0.4 is 10.1 Å². The Hall–Kier alpha value is -1.02. The molecule has 2 nitrogen and oxygen atoms in total. The Balaban J connectivity index is 1.61. The summed E-state index contributed by atoms with van der Waals surface area (Å²) >= 11 is 0. The van der Waals surface area contributed by atoms with Crippen molar-refractivity contribution in [1.82, 2.24) is 5.32 Å². The van der Waals surface area contributed by atoms with Gasteiger partial charge in [-0.2, -0.15) is 0 Å². The van der Waals surface area contributed by atoms with E-state index < -0.39 is 0 Å². The summed E-state index contributed by atoms with van der Waals surface area (Å²) in [5, 5.41) is 3.53. The van der Waals surface area contributed by atoms with Crippen LogP contribution in [0.15, 0.2) is 24.3 Å². The first-order valence-electron chi connectivity index (χ1n) is 7.27. The molecule has 2 heteroatoms. The third-order valence-corrected chi connectivity index (χ3v) is 4.54. The van der Waals surface area contributed by atoms with E-state index in [9.17, 15) is 0 Å². The van der Waals surface area contributed by atoms with Crippen LogP contribution in [0.1, 0.15) is 38.2 Å². The lowest BCUT2D eigenvalue weighted by atomic mass is 9.65. The van der Waals surface area contributed by atoms with E-state index >= 15 is 0 Å². The van der Waals surface area contributed by atoms with Crippen molar-refractivity contribution in [2.24, 2.45) is 5.41 Å². The number of hydrogen-bond donors (Lipinski definition) is 1. The molecule has 0 amide bonds. The topological polar surface area (TPSA) is 21.3 Å². The van der Waals surface area contributed by atoms with E-state index in [1.807, 2.05) is 0 Å². The second-order valence-corrected chi connectivity index (χ2v) is 5.89. The van der Waals surface area contributed by atoms with Crippen molar-refractivity contribution in [3.05, 3.63) is 29.8 Å². The second-order valence-electron chi connectivity index (χ2n) is 5.89. The maximum Gasteiger partial charge on any atom is 0.123 e. The van der Waals surface area contributed by atoms with Gasteiger partial charge in [0.1, 0.15) is 11.9 Å². The van der Waals surface area contributed by atoms with Crippen LogP contribution in [-0.4, -0.2) is 19.2 Å². The molecule has 1 saturated carbocycles. The van der Waals surface area contributed by atoms with Crippen molar-refractivity contribution in [2.75, 3.05) is 13.1 Å². The molecule has 1 fully saturated rings. The van der Waals surface area contributed by atoms with Crippen LogP contribution in [0.25, 0.3) is 0 Å². The Kier molecular flexibility index (Phi) is 3.29. The van der Waals surface area contributed by atoms with Gasteiger partial charge in [-0.15, -0.1) is 0 Å². The molecule has 2 aliphatic rings. The number of ether oxygens (including phenoxy) is 1. The van der Waals surface area contributed by atoms with Crippen LogP contribution in [0.3, 0.4) is 0 Å². The van der Waals surface area contributed by atoms with E-state index in [2.05, 4.69) is 36.5 Å². The van der Waals surface area contributed by atoms with E-state index in [-0.39, 0.29) is 0 Å². The molecule has 1 aliphatic carbocycles. The first kappa shape index (κ1) is 12.0. The maximum atomic E-state index is 6.09. The summed E-state index contributed by atoms with van der Waals surface area (Å²) in [4.78, 5) is 0. The van der Waals surface area contributed by atoms with Crippen LogP contribution in [0.2, 0.25) is 0 Å². The van der Waals surface area contributed by atoms with Crippen LogP contribution in [0.5, 0.6) is 5.75 Å². The molecule has 1 aliphatic heterocycles. The predicted molar refractivity (Wildman–Crippen MR) is 74.0 cm³/mol. The highest BCUT2D eigenvalue weighted by Gasteiger charge is 2.40. The van der Waals surface area contributed by atoms with Gasteiger partial charge >= 0.3 is 0 Å². The van der Waals surface area contributed by atoms with Crippen LogP contribution in [-0.2, 0) is 6.42 Å². The Morgan fingerprint density at radius 2 is 2.17 bits per heavy atom. The summed E-state index contributed by atoms with van der Waals surface area (Å²) in [5.41, 5.74) is 1.91. The monoisotopic (exact) mass is 245 g/mol. The maximum absolute atomic E-state index is 6.09. The number of para-hydroxylation sites is 1. The molecule has 1 aromatic carbocycles. The number of fused-ring (bicyclic) bond motifs is 1. The van der Waals surface area contributed by atoms with Gasteiger partial charge in [-0.25, -0.2) is 0 Å². The average Bonchev–Trinajstić information content (AvgIpc) is 2.74. The average molecular weight is 245 g/mol. The minimum absolute atomic E-state index is 0.404. The van der Waals surface area contributed by atoms with Crippen molar-refractivity contribution in [1.29, 1.82) is 0 Å². The van der Waals surface area contributed by atoms with E-state index in [1.165, 1.54) is 37.8 Å². The predicted octanol–water partition coefficient (Wildman–Crippen LogP) is 3.16. The highest BCUT2D eigenvalue weighted by Crippen LogP contribution is 2.46. The molecule has 1 heterocycles. The van der Waals surface area contributed by atoms with Gasteiger partial charge in [-0.05, 0) is 42.9 Å². The minimum atomic E-state index is 0.404. The zero-order valence-electron chi connectivity index (χ0n) is 11.2. The third kappa shape index (κ3) is 2.26. The molecule has 0 radical (unpaired) electrons. The highest BCUT2D eigenvalue weighted by molar-refractivity contribution is 5.37. The molecule has 1 aromatic rings. The van der Waals surface area contributed by atoms with Gasteiger partial charge in [-0.1, -0.05) is 31.5 Å². The summed E-state index contributed by atoms with van der Waals surface area (Å²) < 4.78 is 6.09. The Bertz CT molecular complexity index is 386. The molecule has 0 spiro atoms. The number of benzene rings is 1. The molecule has 98 valence electrons. The third-order valence-electron chi connectivity index (χ3n) is 4.54. The number of hydrogen-bond acceptors (Lipinski definition) is 2. The quantitative estimate of drug-likeness (QED) is 0.860. The first-order valence-corrected chi connectivity index (χ1v) is 7.27. The number of rotatable bonds is 5. The lowest BCUT2D eigenvalue weighted by molar-refractivity contribution is 0.0614. The summed E-state index contributed by atoms with van der Waals surface area (Å²) in [6.07, 6.45) is 6.86. The second kappa shape index (κ2) is 4.93. The lowest BCUT2D eigenvalue weighted by Gasteiger charge is -2.43. The zero-order valence-corrected chi connectivity index (χ0v) is 11.2. The molecular weight excluding hydrogens is 222 g/mol. The summed E-state index contributed by atoms with van der Waals surface area (Å²) in [6, 6.07) is 8.49. The lowest BCUT2D eigenvalue weighted by Crippen LogP contribution is -2.43.